The highest BCUT2D eigenvalue weighted by Crippen LogP contribution is 2.23. The van der Waals surface area contributed by atoms with Gasteiger partial charge in [-0.15, -0.1) is 0 Å². The van der Waals surface area contributed by atoms with Crippen molar-refractivity contribution in [1.82, 2.24) is 9.88 Å². The molecule has 0 radical (unpaired) electrons. The lowest BCUT2D eigenvalue weighted by atomic mass is 10.1. The van der Waals surface area contributed by atoms with Crippen LogP contribution >= 0.6 is 0 Å². The molecular weight excluding hydrogens is 412 g/mol. The second-order valence-electron chi connectivity index (χ2n) is 7.04. The fourth-order valence-electron chi connectivity index (χ4n) is 3.29. The van der Waals surface area contributed by atoms with Crippen molar-refractivity contribution < 1.29 is 13.2 Å². The molecule has 0 aliphatic carbocycles. The van der Waals surface area contributed by atoms with Gasteiger partial charge in [-0.05, 0) is 61.4 Å². The molecule has 3 rings (SSSR count). The number of carbonyl (C=O) groups is 1. The first-order chi connectivity index (χ1) is 14.7. The molecule has 1 amide bonds. The number of carbonyl (C=O) groups excluding carboxylic acids is 1. The number of benzene rings is 2. The third-order valence-corrected chi connectivity index (χ3v) is 5.78. The Kier molecular flexibility index (Phi) is 6.39. The van der Waals surface area contributed by atoms with E-state index in [9.17, 15) is 18.5 Å². The standard InChI is InChI=1S/C23H22N4O3S/c1-16-12-19(13-20(14-24)23(28)26-15-18-6-4-3-5-7-18)17(2)27(16)21-8-10-22(11-9-21)31(25,29)30/h3-13H,15H2,1-2H3,(H,26,28)(H2,25,29,30)/b20-13+. The first-order valence-electron chi connectivity index (χ1n) is 9.47. The van der Waals surface area contributed by atoms with E-state index in [0.29, 0.717) is 6.54 Å². The van der Waals surface area contributed by atoms with E-state index in [1.54, 1.807) is 18.2 Å². The summed E-state index contributed by atoms with van der Waals surface area (Å²) >= 11 is 0. The topological polar surface area (TPSA) is 118 Å². The fraction of sp³-hybridized carbons (Fsp3) is 0.130. The van der Waals surface area contributed by atoms with Crippen LogP contribution in [0.2, 0.25) is 0 Å². The first-order valence-corrected chi connectivity index (χ1v) is 11.0. The molecule has 158 valence electrons. The summed E-state index contributed by atoms with van der Waals surface area (Å²) in [5.41, 5.74) is 4.09. The van der Waals surface area contributed by atoms with Crippen LogP contribution in [-0.4, -0.2) is 18.9 Å². The number of nitrogens with two attached hydrogens (primary N) is 1. The zero-order valence-corrected chi connectivity index (χ0v) is 18.0. The van der Waals surface area contributed by atoms with E-state index in [4.69, 9.17) is 5.14 Å². The van der Waals surface area contributed by atoms with E-state index in [1.165, 1.54) is 12.1 Å². The Bertz CT molecular complexity index is 1280. The van der Waals surface area contributed by atoms with Crippen LogP contribution < -0.4 is 10.5 Å². The van der Waals surface area contributed by atoms with Crippen molar-refractivity contribution in [3.05, 3.63) is 88.8 Å². The molecule has 0 bridgehead atoms. The summed E-state index contributed by atoms with van der Waals surface area (Å²) in [7, 11) is -3.77. The van der Waals surface area contributed by atoms with Gasteiger partial charge in [0.1, 0.15) is 11.6 Å². The number of primary sulfonamides is 1. The smallest absolute Gasteiger partial charge is 0.262 e. The van der Waals surface area contributed by atoms with Gasteiger partial charge in [-0.2, -0.15) is 5.26 Å². The molecule has 31 heavy (non-hydrogen) atoms. The monoisotopic (exact) mass is 434 g/mol. The zero-order chi connectivity index (χ0) is 22.6. The van der Waals surface area contributed by atoms with Crippen molar-refractivity contribution in [1.29, 1.82) is 5.26 Å². The molecule has 1 aromatic heterocycles. The molecule has 0 spiro atoms. The SMILES string of the molecule is Cc1cc(/C=C(\C#N)C(=O)NCc2ccccc2)c(C)n1-c1ccc(S(N)(=O)=O)cc1. The van der Waals surface area contributed by atoms with E-state index < -0.39 is 15.9 Å². The van der Waals surface area contributed by atoms with Gasteiger partial charge in [0, 0.05) is 23.6 Å². The summed E-state index contributed by atoms with van der Waals surface area (Å²) in [4.78, 5) is 12.5. The van der Waals surface area contributed by atoms with Gasteiger partial charge in [-0.1, -0.05) is 30.3 Å². The van der Waals surface area contributed by atoms with Gasteiger partial charge in [0.25, 0.3) is 5.91 Å². The van der Waals surface area contributed by atoms with Crippen LogP contribution in [0.1, 0.15) is 22.5 Å². The number of hydrogen-bond acceptors (Lipinski definition) is 4. The van der Waals surface area contributed by atoms with E-state index in [0.717, 1.165) is 28.2 Å². The Morgan fingerprint density at radius 2 is 1.77 bits per heavy atom. The van der Waals surface area contributed by atoms with Gasteiger partial charge in [0.15, 0.2) is 0 Å². The maximum Gasteiger partial charge on any atom is 0.262 e. The normalized spacial score (nSPS) is 11.7. The maximum atomic E-state index is 12.5. The molecule has 0 fully saturated rings. The van der Waals surface area contributed by atoms with E-state index in [2.05, 4.69) is 5.32 Å². The Balaban J connectivity index is 1.86. The molecule has 2 aromatic carbocycles. The third kappa shape index (κ3) is 5.09. The molecule has 0 atom stereocenters. The second kappa shape index (κ2) is 9.00. The average Bonchev–Trinajstić information content (AvgIpc) is 3.03. The van der Waals surface area contributed by atoms with Crippen LogP contribution in [0, 0.1) is 25.2 Å². The average molecular weight is 435 g/mol. The Hall–Kier alpha value is -3.67. The predicted octanol–water partition coefficient (Wildman–Crippen LogP) is 2.96. The van der Waals surface area contributed by atoms with Gasteiger partial charge in [0.05, 0.1) is 4.90 Å². The Morgan fingerprint density at radius 1 is 1.13 bits per heavy atom. The van der Waals surface area contributed by atoms with Crippen molar-refractivity contribution >= 4 is 22.0 Å². The number of aromatic nitrogens is 1. The summed E-state index contributed by atoms with van der Waals surface area (Å²) in [5, 5.41) is 17.4. The van der Waals surface area contributed by atoms with Crippen molar-refractivity contribution in [2.24, 2.45) is 5.14 Å². The van der Waals surface area contributed by atoms with Crippen LogP contribution in [0.15, 0.2) is 71.1 Å². The number of nitriles is 1. The van der Waals surface area contributed by atoms with Crippen LogP contribution in [0.4, 0.5) is 0 Å². The molecule has 3 N–H and O–H groups in total. The van der Waals surface area contributed by atoms with E-state index >= 15 is 0 Å². The Labute approximate surface area is 181 Å². The molecule has 0 aliphatic heterocycles. The number of sulfonamides is 1. The summed E-state index contributed by atoms with van der Waals surface area (Å²) in [5.74, 6) is -0.450. The van der Waals surface area contributed by atoms with Crippen molar-refractivity contribution in [3.8, 4) is 11.8 Å². The second-order valence-corrected chi connectivity index (χ2v) is 8.60. The van der Waals surface area contributed by atoms with E-state index in [-0.39, 0.29) is 10.5 Å². The molecule has 1 heterocycles. The third-order valence-electron chi connectivity index (χ3n) is 4.85. The van der Waals surface area contributed by atoms with Gasteiger partial charge >= 0.3 is 0 Å². The molecule has 0 saturated heterocycles. The Morgan fingerprint density at radius 3 is 2.35 bits per heavy atom. The molecule has 0 saturated carbocycles. The molecular formula is C23H22N4O3S. The summed E-state index contributed by atoms with van der Waals surface area (Å²) in [6, 6.07) is 19.5. The number of aryl methyl sites for hydroxylation is 1. The van der Waals surface area contributed by atoms with Gasteiger partial charge in [-0.25, -0.2) is 13.6 Å². The minimum atomic E-state index is -3.77. The number of amides is 1. The van der Waals surface area contributed by atoms with Crippen molar-refractivity contribution in [2.45, 2.75) is 25.3 Å². The number of nitrogens with zero attached hydrogens (tertiary/aromatic N) is 2. The first kappa shape index (κ1) is 22.0. The summed E-state index contributed by atoms with van der Waals surface area (Å²) < 4.78 is 24.9. The molecule has 7 nitrogen and oxygen atoms in total. The lowest BCUT2D eigenvalue weighted by molar-refractivity contribution is -0.117. The van der Waals surface area contributed by atoms with Crippen molar-refractivity contribution in [3.63, 3.8) is 0 Å². The quantitative estimate of drug-likeness (QED) is 0.458. The largest absolute Gasteiger partial charge is 0.347 e. The minimum absolute atomic E-state index is 0.000698. The fourth-order valence-corrected chi connectivity index (χ4v) is 3.81. The summed E-state index contributed by atoms with van der Waals surface area (Å²) in [6.07, 6.45) is 1.55. The van der Waals surface area contributed by atoms with Crippen LogP contribution in [0.3, 0.4) is 0 Å². The summed E-state index contributed by atoms with van der Waals surface area (Å²) in [6.45, 7) is 4.08. The number of rotatable bonds is 6. The molecule has 8 heteroatoms. The van der Waals surface area contributed by atoms with Crippen LogP contribution in [0.5, 0.6) is 0 Å². The minimum Gasteiger partial charge on any atom is -0.347 e. The lowest BCUT2D eigenvalue weighted by Crippen LogP contribution is -2.23. The van der Waals surface area contributed by atoms with Gasteiger partial charge < -0.3 is 9.88 Å². The highest BCUT2D eigenvalue weighted by Gasteiger charge is 2.14. The van der Waals surface area contributed by atoms with Crippen LogP contribution in [0.25, 0.3) is 11.8 Å². The predicted molar refractivity (Wildman–Crippen MR) is 118 cm³/mol. The van der Waals surface area contributed by atoms with Crippen molar-refractivity contribution in [2.75, 3.05) is 0 Å². The number of hydrogen-bond donors (Lipinski definition) is 2. The van der Waals surface area contributed by atoms with Gasteiger partial charge in [-0.3, -0.25) is 4.79 Å². The number of nitrogens with one attached hydrogen (secondary N) is 1. The zero-order valence-electron chi connectivity index (χ0n) is 17.2. The van der Waals surface area contributed by atoms with Crippen LogP contribution in [-0.2, 0) is 21.4 Å². The van der Waals surface area contributed by atoms with E-state index in [1.807, 2.05) is 60.9 Å². The van der Waals surface area contributed by atoms with Gasteiger partial charge in [0.2, 0.25) is 10.0 Å². The molecule has 3 aromatic rings. The highest BCUT2D eigenvalue weighted by molar-refractivity contribution is 7.89. The molecule has 0 aliphatic rings. The maximum absolute atomic E-state index is 12.5. The highest BCUT2D eigenvalue weighted by atomic mass is 32.2. The molecule has 0 unspecified atom stereocenters. The lowest BCUT2D eigenvalue weighted by Gasteiger charge is -2.10.